The Morgan fingerprint density at radius 2 is 1.78 bits per heavy atom. The van der Waals surface area contributed by atoms with Gasteiger partial charge in [0.15, 0.2) is 15.6 Å². The molecule has 0 N–H and O–H groups in total. The van der Waals surface area contributed by atoms with Crippen LogP contribution in [0.2, 0.25) is 5.02 Å². The lowest BCUT2D eigenvalue weighted by molar-refractivity contribution is -0.117. The summed E-state index contributed by atoms with van der Waals surface area (Å²) in [5.74, 6) is 3.11. The number of hydrogen-bond donors (Lipinski definition) is 0. The summed E-state index contributed by atoms with van der Waals surface area (Å²) in [5, 5.41) is 0.693. The molecule has 0 saturated heterocycles. The van der Waals surface area contributed by atoms with Crippen LogP contribution in [0, 0.1) is 12.0 Å². The quantitative estimate of drug-likeness (QED) is 0.648. The Morgan fingerprint density at radius 3 is 2.47 bits per heavy atom. The molecule has 5 nitrogen and oxygen atoms in total. The molecule has 1 atom stereocenters. The minimum absolute atomic E-state index is 0.0245. The molecule has 2 aromatic rings. The first-order valence-electron chi connectivity index (χ1n) is 10.1. The fraction of sp³-hybridized carbons (Fsp3) is 0.200. The van der Waals surface area contributed by atoms with E-state index in [1.807, 2.05) is 41.4 Å². The molecule has 2 aromatic carbocycles. The predicted molar refractivity (Wildman–Crippen MR) is 126 cm³/mol. The van der Waals surface area contributed by atoms with Crippen LogP contribution in [-0.2, 0) is 27.5 Å². The lowest BCUT2D eigenvalue weighted by Gasteiger charge is -2.25. The molecule has 4 rings (SSSR count). The van der Waals surface area contributed by atoms with E-state index in [2.05, 4.69) is 17.0 Å². The molecule has 2 aliphatic heterocycles. The fourth-order valence-corrected chi connectivity index (χ4v) is 4.29. The summed E-state index contributed by atoms with van der Waals surface area (Å²) in [6.45, 7) is 0.411. The molecule has 32 heavy (non-hydrogen) atoms. The summed E-state index contributed by atoms with van der Waals surface area (Å²) in [6.07, 6.45) is 7.63. The first-order valence-corrected chi connectivity index (χ1v) is 12.3. The summed E-state index contributed by atoms with van der Waals surface area (Å²) in [4.78, 5) is 19.6. The number of ketones is 1. The van der Waals surface area contributed by atoms with Crippen LogP contribution in [0.5, 0.6) is 0 Å². The van der Waals surface area contributed by atoms with Crippen LogP contribution in [0.15, 0.2) is 81.8 Å². The molecule has 162 valence electrons. The van der Waals surface area contributed by atoms with E-state index in [0.717, 1.165) is 16.7 Å². The van der Waals surface area contributed by atoms with E-state index in [-0.39, 0.29) is 10.7 Å². The standard InChI is InChI=1S/C25H21ClN2O3S/c1-32(30,31)22-10-6-19(7-11-22)15-24-25(29)23-17-28(14-12-20(23)16-27-24)13-2-3-18-4-8-21(26)9-5-18/h4-12,14,16,24H,3,15,17H2,1H3. The van der Waals surface area contributed by atoms with Crippen molar-refractivity contribution in [3.63, 3.8) is 0 Å². The third-order valence-electron chi connectivity index (χ3n) is 5.31. The molecule has 0 radical (unpaired) electrons. The Morgan fingerprint density at radius 1 is 1.09 bits per heavy atom. The van der Waals surface area contributed by atoms with Crippen molar-refractivity contribution in [1.82, 2.24) is 4.90 Å². The molecular weight excluding hydrogens is 444 g/mol. The SMILES string of the molecule is CS(=O)(=O)c1ccc(CC2N=CC3=C(CN(C#CCc4ccc(Cl)cc4)C=C3)C2=O)cc1. The number of nitrogens with zero attached hydrogens (tertiary/aromatic N) is 2. The van der Waals surface area contributed by atoms with Gasteiger partial charge in [0.2, 0.25) is 0 Å². The number of aliphatic imine (C=N–C) groups is 1. The van der Waals surface area contributed by atoms with Crippen LogP contribution < -0.4 is 0 Å². The third kappa shape index (κ3) is 5.18. The van der Waals surface area contributed by atoms with Gasteiger partial charge in [-0.05, 0) is 41.5 Å². The van der Waals surface area contributed by atoms with Crippen LogP contribution in [0.25, 0.3) is 0 Å². The molecule has 0 aromatic heterocycles. The number of Topliss-reactive ketones (excluding diaryl/α,β-unsaturated/α-hetero) is 1. The molecule has 1 unspecified atom stereocenters. The zero-order chi connectivity index (χ0) is 22.7. The number of halogens is 1. The predicted octanol–water partition coefficient (Wildman–Crippen LogP) is 3.64. The Labute approximate surface area is 193 Å². The number of dihydropyridines is 1. The molecule has 0 spiro atoms. The molecule has 0 saturated carbocycles. The lowest BCUT2D eigenvalue weighted by atomic mass is 9.91. The number of benzene rings is 2. The second kappa shape index (κ2) is 9.15. The van der Waals surface area contributed by atoms with Crippen molar-refractivity contribution in [3.8, 4) is 12.0 Å². The Kier molecular flexibility index (Phi) is 6.31. The largest absolute Gasteiger partial charge is 0.304 e. The van der Waals surface area contributed by atoms with E-state index in [1.54, 1.807) is 30.5 Å². The molecule has 0 bridgehead atoms. The minimum atomic E-state index is -3.25. The summed E-state index contributed by atoms with van der Waals surface area (Å²) in [7, 11) is -3.25. The van der Waals surface area contributed by atoms with Crippen molar-refractivity contribution in [3.05, 3.63) is 88.1 Å². The third-order valence-corrected chi connectivity index (χ3v) is 6.69. The molecule has 0 fully saturated rings. The Hall–Kier alpha value is -3.14. The van der Waals surface area contributed by atoms with Gasteiger partial charge < -0.3 is 4.90 Å². The van der Waals surface area contributed by atoms with Gasteiger partial charge in [0.25, 0.3) is 0 Å². The molecule has 2 heterocycles. The molecule has 0 aliphatic carbocycles. The van der Waals surface area contributed by atoms with Crippen molar-refractivity contribution in [2.75, 3.05) is 12.8 Å². The van der Waals surface area contributed by atoms with E-state index in [0.29, 0.717) is 30.0 Å². The maximum absolute atomic E-state index is 13.1. The molecule has 0 amide bonds. The first-order chi connectivity index (χ1) is 15.3. The molecule has 7 heteroatoms. The van der Waals surface area contributed by atoms with Gasteiger partial charge in [0.05, 0.1) is 11.4 Å². The van der Waals surface area contributed by atoms with E-state index < -0.39 is 15.9 Å². The number of rotatable bonds is 4. The number of hydrogen-bond acceptors (Lipinski definition) is 5. The van der Waals surface area contributed by atoms with Gasteiger partial charge in [0, 0.05) is 53.7 Å². The highest BCUT2D eigenvalue weighted by Gasteiger charge is 2.29. The summed E-state index contributed by atoms with van der Waals surface area (Å²) >= 11 is 5.91. The topological polar surface area (TPSA) is 66.8 Å². The normalized spacial score (nSPS) is 17.8. The summed E-state index contributed by atoms with van der Waals surface area (Å²) in [6, 6.07) is 16.7. The van der Waals surface area contributed by atoms with Crippen LogP contribution in [-0.4, -0.2) is 44.2 Å². The van der Waals surface area contributed by atoms with Crippen molar-refractivity contribution >= 4 is 33.4 Å². The van der Waals surface area contributed by atoms with Gasteiger partial charge in [-0.25, -0.2) is 8.42 Å². The van der Waals surface area contributed by atoms with Crippen LogP contribution in [0.4, 0.5) is 0 Å². The second-order valence-electron chi connectivity index (χ2n) is 7.75. The summed E-state index contributed by atoms with van der Waals surface area (Å²) < 4.78 is 23.3. The van der Waals surface area contributed by atoms with Gasteiger partial charge in [-0.3, -0.25) is 9.79 Å². The fourth-order valence-electron chi connectivity index (χ4n) is 3.53. The van der Waals surface area contributed by atoms with E-state index in [1.165, 1.54) is 6.26 Å². The first kappa shape index (κ1) is 22.1. The maximum atomic E-state index is 13.1. The highest BCUT2D eigenvalue weighted by molar-refractivity contribution is 7.90. The monoisotopic (exact) mass is 464 g/mol. The van der Waals surface area contributed by atoms with Gasteiger partial charge in [-0.2, -0.15) is 0 Å². The van der Waals surface area contributed by atoms with E-state index >= 15 is 0 Å². The van der Waals surface area contributed by atoms with Crippen LogP contribution >= 0.6 is 11.6 Å². The average Bonchev–Trinajstić information content (AvgIpc) is 2.77. The maximum Gasteiger partial charge on any atom is 0.186 e. The second-order valence-corrected chi connectivity index (χ2v) is 10.2. The lowest BCUT2D eigenvalue weighted by Crippen LogP contribution is -2.33. The highest BCUT2D eigenvalue weighted by Crippen LogP contribution is 2.23. The van der Waals surface area contributed by atoms with Crippen molar-refractivity contribution in [1.29, 1.82) is 0 Å². The molecule has 2 aliphatic rings. The van der Waals surface area contributed by atoms with Crippen molar-refractivity contribution in [2.24, 2.45) is 4.99 Å². The summed E-state index contributed by atoms with van der Waals surface area (Å²) in [5.41, 5.74) is 3.45. The highest BCUT2D eigenvalue weighted by atomic mass is 35.5. The molecular formula is C25H21ClN2O3S. The van der Waals surface area contributed by atoms with Gasteiger partial charge in [-0.1, -0.05) is 41.8 Å². The minimum Gasteiger partial charge on any atom is -0.304 e. The number of carbonyl (C=O) groups excluding carboxylic acids is 1. The smallest absolute Gasteiger partial charge is 0.186 e. The van der Waals surface area contributed by atoms with Crippen LogP contribution in [0.1, 0.15) is 11.1 Å². The number of allylic oxidation sites excluding steroid dienone is 2. The van der Waals surface area contributed by atoms with Crippen molar-refractivity contribution in [2.45, 2.75) is 23.8 Å². The number of sulfone groups is 1. The van der Waals surface area contributed by atoms with Gasteiger partial charge >= 0.3 is 0 Å². The van der Waals surface area contributed by atoms with Gasteiger partial charge in [0.1, 0.15) is 6.04 Å². The Balaban J connectivity index is 1.41. The average molecular weight is 465 g/mol. The van der Waals surface area contributed by atoms with Gasteiger partial charge in [-0.15, -0.1) is 0 Å². The van der Waals surface area contributed by atoms with Crippen LogP contribution in [0.3, 0.4) is 0 Å². The zero-order valence-electron chi connectivity index (χ0n) is 17.5. The van der Waals surface area contributed by atoms with E-state index in [4.69, 9.17) is 11.6 Å². The number of carbonyl (C=O) groups is 1. The van der Waals surface area contributed by atoms with Crippen molar-refractivity contribution < 1.29 is 13.2 Å². The van der Waals surface area contributed by atoms with E-state index in [9.17, 15) is 13.2 Å². The zero-order valence-corrected chi connectivity index (χ0v) is 19.0. The Bertz CT molecular complexity index is 1300.